The number of aliphatic carboxylic acids is 1. The van der Waals surface area contributed by atoms with E-state index in [1.54, 1.807) is 35.4 Å². The van der Waals surface area contributed by atoms with Crippen molar-refractivity contribution in [2.45, 2.75) is 51.0 Å². The van der Waals surface area contributed by atoms with E-state index in [-0.39, 0.29) is 31.4 Å². The largest absolute Gasteiger partial charge is 0.491 e. The van der Waals surface area contributed by atoms with Crippen molar-refractivity contribution in [1.29, 1.82) is 0 Å². The third kappa shape index (κ3) is 9.13. The first-order valence-electron chi connectivity index (χ1n) is 14.8. The number of amides is 3. The van der Waals surface area contributed by atoms with Gasteiger partial charge in [0.2, 0.25) is 11.8 Å². The minimum Gasteiger partial charge on any atom is -0.491 e. The summed E-state index contributed by atoms with van der Waals surface area (Å²) in [7, 11) is 0. The van der Waals surface area contributed by atoms with Crippen LogP contribution < -0.4 is 10.1 Å². The Kier molecular flexibility index (Phi) is 11.3. The zero-order chi connectivity index (χ0) is 30.8. The molecule has 2 aliphatic heterocycles. The fraction of sp³-hybridized carbons (Fsp3) is 0.516. The molecule has 11 nitrogen and oxygen atoms in total. The minimum absolute atomic E-state index is 0.0186. The number of nitrogens with one attached hydrogen (secondary N) is 1. The summed E-state index contributed by atoms with van der Waals surface area (Å²) in [5.74, 6) is -1.07. The van der Waals surface area contributed by atoms with Crippen LogP contribution in [0.5, 0.6) is 5.75 Å². The van der Waals surface area contributed by atoms with Crippen LogP contribution in [0.1, 0.15) is 56.6 Å². The molecule has 3 N–H and O–H groups in total. The first-order valence-corrected chi connectivity index (χ1v) is 14.8. The molecule has 2 atom stereocenters. The number of rotatable bonds is 12. The summed E-state index contributed by atoms with van der Waals surface area (Å²) in [5.41, 5.74) is 1.97. The van der Waals surface area contributed by atoms with E-state index >= 15 is 0 Å². The third-order valence-electron chi connectivity index (χ3n) is 8.17. The lowest BCUT2D eigenvalue weighted by Gasteiger charge is -2.34. The standard InChI is InChI=1S/C31H39FN4O7/c32-10-14-43-26-5-1-3-22(16-26)24-15-25(19-33-18-24)27(17-29(38)39)34-30(40)23-4-2-11-36(20-23)28(37)7-6-21-8-12-35(13-9-21)31(41)42/h1,3,5,15-16,18-19,21,23,27H,2,4,6-14,17,20H2,(H,34,40)(H,38,39)(H,41,42)/t23-,27?/m1/s1. The summed E-state index contributed by atoms with van der Waals surface area (Å²) in [5, 5.41) is 21.6. The molecule has 4 rings (SSSR count). The number of ether oxygens (including phenoxy) is 1. The number of piperidine rings is 2. The molecule has 3 heterocycles. The Morgan fingerprint density at radius 1 is 1.02 bits per heavy atom. The van der Waals surface area contributed by atoms with Crippen molar-refractivity contribution in [3.05, 3.63) is 48.3 Å². The molecule has 2 aliphatic rings. The van der Waals surface area contributed by atoms with E-state index in [0.29, 0.717) is 68.1 Å². The molecule has 43 heavy (non-hydrogen) atoms. The Hall–Kier alpha value is -4.22. The van der Waals surface area contributed by atoms with Crippen molar-refractivity contribution in [1.82, 2.24) is 20.1 Å². The molecule has 1 aromatic heterocycles. The highest BCUT2D eigenvalue weighted by atomic mass is 19.1. The van der Waals surface area contributed by atoms with Gasteiger partial charge in [-0.05, 0) is 67.3 Å². The Morgan fingerprint density at radius 3 is 2.53 bits per heavy atom. The fourth-order valence-electron chi connectivity index (χ4n) is 5.76. The molecule has 1 unspecified atom stereocenters. The van der Waals surface area contributed by atoms with Crippen molar-refractivity contribution in [2.75, 3.05) is 39.5 Å². The Morgan fingerprint density at radius 2 is 1.81 bits per heavy atom. The SMILES string of the molecule is O=C(O)CC(NC(=O)[C@@H]1CCCN(C(=O)CCC2CCN(C(=O)O)CC2)C1)c1cncc(-c2cccc(OCCF)c2)c1. The molecular weight excluding hydrogens is 559 g/mol. The number of carbonyl (C=O) groups is 4. The van der Waals surface area contributed by atoms with Gasteiger partial charge in [-0.3, -0.25) is 19.4 Å². The molecule has 0 spiro atoms. The number of nitrogens with zero attached hydrogens (tertiary/aromatic N) is 3. The van der Waals surface area contributed by atoms with E-state index in [0.717, 1.165) is 18.4 Å². The van der Waals surface area contributed by atoms with E-state index in [4.69, 9.17) is 9.84 Å². The molecule has 3 amide bonds. The Balaban J connectivity index is 1.36. The van der Waals surface area contributed by atoms with Gasteiger partial charge in [0.05, 0.1) is 18.4 Å². The van der Waals surface area contributed by atoms with Crippen LogP contribution in [0, 0.1) is 11.8 Å². The van der Waals surface area contributed by atoms with Crippen molar-refractivity contribution in [3.8, 4) is 16.9 Å². The van der Waals surface area contributed by atoms with Gasteiger partial charge in [-0.15, -0.1) is 0 Å². The summed E-state index contributed by atoms with van der Waals surface area (Å²) in [6, 6.07) is 8.00. The predicted molar refractivity (Wildman–Crippen MR) is 155 cm³/mol. The Labute approximate surface area is 250 Å². The van der Waals surface area contributed by atoms with Gasteiger partial charge in [0.25, 0.3) is 0 Å². The average Bonchev–Trinajstić information content (AvgIpc) is 3.02. The fourth-order valence-corrected chi connectivity index (χ4v) is 5.76. The summed E-state index contributed by atoms with van der Waals surface area (Å²) < 4.78 is 17.9. The molecule has 12 heteroatoms. The average molecular weight is 599 g/mol. The number of carbonyl (C=O) groups excluding carboxylic acids is 2. The molecule has 0 radical (unpaired) electrons. The van der Waals surface area contributed by atoms with Crippen LogP contribution in [-0.4, -0.2) is 88.3 Å². The highest BCUT2D eigenvalue weighted by Crippen LogP contribution is 2.28. The smallest absolute Gasteiger partial charge is 0.407 e. The van der Waals surface area contributed by atoms with Gasteiger partial charge in [0.15, 0.2) is 0 Å². The lowest BCUT2D eigenvalue weighted by Crippen LogP contribution is -2.46. The van der Waals surface area contributed by atoms with Crippen LogP contribution >= 0.6 is 0 Å². The van der Waals surface area contributed by atoms with Crippen LogP contribution in [0.3, 0.4) is 0 Å². The first kappa shape index (κ1) is 31.7. The van der Waals surface area contributed by atoms with Gasteiger partial charge in [-0.25, -0.2) is 9.18 Å². The number of aromatic nitrogens is 1. The number of likely N-dealkylation sites (tertiary alicyclic amines) is 2. The van der Waals surface area contributed by atoms with Gasteiger partial charge in [0, 0.05) is 50.6 Å². The second-order valence-electron chi connectivity index (χ2n) is 11.2. The molecular formula is C31H39FN4O7. The quantitative estimate of drug-likeness (QED) is 0.330. The zero-order valence-corrected chi connectivity index (χ0v) is 24.1. The van der Waals surface area contributed by atoms with Gasteiger partial charge in [-0.1, -0.05) is 12.1 Å². The summed E-state index contributed by atoms with van der Waals surface area (Å²) in [4.78, 5) is 56.6. The van der Waals surface area contributed by atoms with Crippen molar-refractivity contribution < 1.29 is 38.5 Å². The van der Waals surface area contributed by atoms with Crippen molar-refractivity contribution in [3.63, 3.8) is 0 Å². The number of hydrogen-bond donors (Lipinski definition) is 3. The molecule has 0 aliphatic carbocycles. The number of hydrogen-bond acceptors (Lipinski definition) is 6. The monoisotopic (exact) mass is 598 g/mol. The second-order valence-corrected chi connectivity index (χ2v) is 11.2. The lowest BCUT2D eigenvalue weighted by molar-refractivity contribution is -0.138. The number of carboxylic acid groups (broad SMARTS) is 2. The van der Waals surface area contributed by atoms with Crippen molar-refractivity contribution in [2.24, 2.45) is 11.8 Å². The summed E-state index contributed by atoms with van der Waals surface area (Å²) >= 11 is 0. The zero-order valence-electron chi connectivity index (χ0n) is 24.1. The highest BCUT2D eigenvalue weighted by Gasteiger charge is 2.31. The highest BCUT2D eigenvalue weighted by molar-refractivity contribution is 5.82. The maximum atomic E-state index is 13.4. The molecule has 232 valence electrons. The van der Waals surface area contributed by atoms with Crippen LogP contribution in [0.15, 0.2) is 42.7 Å². The predicted octanol–water partition coefficient (Wildman–Crippen LogP) is 4.14. The summed E-state index contributed by atoms with van der Waals surface area (Å²) in [6.07, 6.45) is 5.68. The molecule has 0 bridgehead atoms. The number of carboxylic acids is 1. The van der Waals surface area contributed by atoms with Crippen LogP contribution in [0.25, 0.3) is 11.1 Å². The van der Waals surface area contributed by atoms with Crippen molar-refractivity contribution >= 4 is 23.9 Å². The van der Waals surface area contributed by atoms with Gasteiger partial charge in [-0.2, -0.15) is 0 Å². The number of benzene rings is 1. The molecule has 0 saturated carbocycles. The number of alkyl halides is 1. The van der Waals surface area contributed by atoms with Gasteiger partial charge < -0.3 is 30.1 Å². The van der Waals surface area contributed by atoms with Crippen LogP contribution in [-0.2, 0) is 14.4 Å². The van der Waals surface area contributed by atoms with Crippen LogP contribution in [0.4, 0.5) is 9.18 Å². The van der Waals surface area contributed by atoms with E-state index < -0.39 is 30.7 Å². The number of pyridine rings is 1. The minimum atomic E-state index is -1.08. The third-order valence-corrected chi connectivity index (χ3v) is 8.17. The normalized spacial score (nSPS) is 18.1. The van der Waals surface area contributed by atoms with E-state index in [2.05, 4.69) is 10.3 Å². The van der Waals surface area contributed by atoms with Gasteiger partial charge in [0.1, 0.15) is 19.0 Å². The number of halogens is 1. The summed E-state index contributed by atoms with van der Waals surface area (Å²) in [6.45, 7) is 1.13. The van der Waals surface area contributed by atoms with E-state index in [1.807, 2.05) is 6.07 Å². The first-order chi connectivity index (χ1) is 20.7. The molecule has 2 saturated heterocycles. The topological polar surface area (TPSA) is 149 Å². The second kappa shape index (κ2) is 15.3. The van der Waals surface area contributed by atoms with Gasteiger partial charge >= 0.3 is 12.1 Å². The maximum Gasteiger partial charge on any atom is 0.407 e. The van der Waals surface area contributed by atoms with E-state index in [9.17, 15) is 28.7 Å². The molecule has 2 aromatic rings. The Bertz CT molecular complexity index is 1280. The van der Waals surface area contributed by atoms with E-state index in [1.165, 1.54) is 11.1 Å². The molecule has 2 fully saturated rings. The molecule has 1 aromatic carbocycles. The lowest BCUT2D eigenvalue weighted by atomic mass is 9.91. The van der Waals surface area contributed by atoms with Crippen LogP contribution in [0.2, 0.25) is 0 Å². The maximum absolute atomic E-state index is 13.4.